The van der Waals surface area contributed by atoms with Gasteiger partial charge < -0.3 is 4.74 Å². The van der Waals surface area contributed by atoms with Gasteiger partial charge in [0.05, 0.1) is 7.11 Å². The van der Waals surface area contributed by atoms with Crippen LogP contribution in [0.1, 0.15) is 39.4 Å². The Bertz CT molecular complexity index is 622. The zero-order valence-corrected chi connectivity index (χ0v) is 14.5. The summed E-state index contributed by atoms with van der Waals surface area (Å²) in [4.78, 5) is 4.71. The molecule has 0 saturated heterocycles. The molecule has 0 bridgehead atoms. The van der Waals surface area contributed by atoms with Gasteiger partial charge in [-0.1, -0.05) is 20.8 Å². The topological polar surface area (TPSA) is 50.8 Å². The number of nitrogens with one attached hydrogen (secondary N) is 1. The molecule has 2 aromatic rings. The van der Waals surface area contributed by atoms with Gasteiger partial charge in [-0.25, -0.2) is 4.98 Å². The fraction of sp³-hybridized carbons (Fsp3) is 0.579. The first kappa shape index (κ1) is 16.0. The molecule has 0 spiro atoms. The van der Waals surface area contributed by atoms with Gasteiger partial charge in [-0.05, 0) is 60.8 Å². The Morgan fingerprint density at radius 1 is 1.09 bits per heavy atom. The van der Waals surface area contributed by atoms with Crippen LogP contribution in [0.4, 0.5) is 0 Å². The fourth-order valence-electron chi connectivity index (χ4n) is 4.16. The minimum Gasteiger partial charge on any atom is -0.497 e. The summed E-state index contributed by atoms with van der Waals surface area (Å²) in [5.41, 5.74) is 1.02. The SMILES string of the molecule is COc1ccc(-c2n[nH]c(CC3C(C)CC(C)CC3C)n2)cc1. The lowest BCUT2D eigenvalue weighted by Crippen LogP contribution is -2.30. The van der Waals surface area contributed by atoms with Crippen molar-refractivity contribution in [2.45, 2.75) is 40.0 Å². The van der Waals surface area contributed by atoms with Crippen LogP contribution in [0.5, 0.6) is 5.75 Å². The predicted octanol–water partition coefficient (Wildman–Crippen LogP) is 4.34. The Hall–Kier alpha value is -1.84. The zero-order valence-electron chi connectivity index (χ0n) is 14.5. The molecule has 1 fully saturated rings. The molecule has 23 heavy (non-hydrogen) atoms. The highest BCUT2D eigenvalue weighted by atomic mass is 16.5. The second-order valence-corrected chi connectivity index (χ2v) is 7.23. The van der Waals surface area contributed by atoms with E-state index in [0.717, 1.165) is 47.1 Å². The molecule has 1 N–H and O–H groups in total. The molecule has 124 valence electrons. The third-order valence-electron chi connectivity index (χ3n) is 5.32. The summed E-state index contributed by atoms with van der Waals surface area (Å²) < 4.78 is 5.19. The van der Waals surface area contributed by atoms with Crippen LogP contribution in [0.25, 0.3) is 11.4 Å². The first-order valence-corrected chi connectivity index (χ1v) is 8.62. The molecule has 0 amide bonds. The quantitative estimate of drug-likeness (QED) is 0.913. The van der Waals surface area contributed by atoms with Gasteiger partial charge in [0.25, 0.3) is 0 Å². The van der Waals surface area contributed by atoms with E-state index in [2.05, 4.69) is 31.0 Å². The van der Waals surface area contributed by atoms with Crippen LogP contribution < -0.4 is 4.74 Å². The monoisotopic (exact) mass is 313 g/mol. The number of hydrogen-bond acceptors (Lipinski definition) is 3. The van der Waals surface area contributed by atoms with Gasteiger partial charge in [-0.3, -0.25) is 5.10 Å². The number of hydrogen-bond donors (Lipinski definition) is 1. The van der Waals surface area contributed by atoms with Crippen LogP contribution >= 0.6 is 0 Å². The molecule has 4 heteroatoms. The number of rotatable bonds is 4. The molecule has 1 aromatic carbocycles. The molecule has 1 aliphatic rings. The minimum atomic E-state index is 0.697. The van der Waals surface area contributed by atoms with E-state index in [9.17, 15) is 0 Å². The third-order valence-corrected chi connectivity index (χ3v) is 5.32. The van der Waals surface area contributed by atoms with Crippen molar-refractivity contribution in [3.63, 3.8) is 0 Å². The predicted molar refractivity (Wildman–Crippen MR) is 92.3 cm³/mol. The second kappa shape index (κ2) is 6.73. The fourth-order valence-corrected chi connectivity index (χ4v) is 4.16. The van der Waals surface area contributed by atoms with Gasteiger partial charge >= 0.3 is 0 Å². The zero-order chi connectivity index (χ0) is 16.4. The van der Waals surface area contributed by atoms with Gasteiger partial charge in [0, 0.05) is 12.0 Å². The lowest BCUT2D eigenvalue weighted by atomic mass is 9.68. The Morgan fingerprint density at radius 3 is 2.35 bits per heavy atom. The van der Waals surface area contributed by atoms with E-state index in [1.807, 2.05) is 24.3 Å². The minimum absolute atomic E-state index is 0.697. The van der Waals surface area contributed by atoms with Crippen molar-refractivity contribution in [1.82, 2.24) is 15.2 Å². The van der Waals surface area contributed by atoms with Crippen molar-refractivity contribution < 1.29 is 4.74 Å². The second-order valence-electron chi connectivity index (χ2n) is 7.23. The summed E-state index contributed by atoms with van der Waals surface area (Å²) in [6, 6.07) is 7.88. The molecule has 0 radical (unpaired) electrons. The van der Waals surface area contributed by atoms with Crippen LogP contribution in [-0.2, 0) is 6.42 Å². The molecule has 2 atom stereocenters. The highest BCUT2D eigenvalue weighted by Crippen LogP contribution is 2.39. The largest absolute Gasteiger partial charge is 0.497 e. The summed E-state index contributed by atoms with van der Waals surface area (Å²) >= 11 is 0. The number of aromatic nitrogens is 3. The Labute approximate surface area is 138 Å². The van der Waals surface area contributed by atoms with Crippen molar-refractivity contribution >= 4 is 0 Å². The smallest absolute Gasteiger partial charge is 0.181 e. The van der Waals surface area contributed by atoms with Crippen molar-refractivity contribution in [2.75, 3.05) is 7.11 Å². The van der Waals surface area contributed by atoms with Crippen LogP contribution in [0, 0.1) is 23.7 Å². The molecule has 1 heterocycles. The van der Waals surface area contributed by atoms with Gasteiger partial charge in [-0.2, -0.15) is 5.10 Å². The van der Waals surface area contributed by atoms with E-state index in [-0.39, 0.29) is 0 Å². The van der Waals surface area contributed by atoms with E-state index in [4.69, 9.17) is 9.72 Å². The maximum absolute atomic E-state index is 5.19. The summed E-state index contributed by atoms with van der Waals surface area (Å²) in [5, 5.41) is 7.54. The molecule has 4 nitrogen and oxygen atoms in total. The van der Waals surface area contributed by atoms with Gasteiger partial charge in [0.15, 0.2) is 5.82 Å². The summed E-state index contributed by atoms with van der Waals surface area (Å²) in [6.07, 6.45) is 3.65. The average molecular weight is 313 g/mol. The molecule has 0 aliphatic heterocycles. The summed E-state index contributed by atoms with van der Waals surface area (Å²) in [5.74, 6) is 5.68. The maximum atomic E-state index is 5.19. The number of methoxy groups -OCH3 is 1. The van der Waals surface area contributed by atoms with Crippen LogP contribution in [0.3, 0.4) is 0 Å². The molecule has 1 aromatic heterocycles. The molecule has 2 unspecified atom stereocenters. The maximum Gasteiger partial charge on any atom is 0.181 e. The molecular formula is C19H27N3O. The van der Waals surface area contributed by atoms with E-state index >= 15 is 0 Å². The van der Waals surface area contributed by atoms with Gasteiger partial charge in [0.2, 0.25) is 0 Å². The molecule has 3 rings (SSSR count). The normalized spacial score (nSPS) is 27.8. The lowest BCUT2D eigenvalue weighted by Gasteiger charge is -2.37. The molecule has 1 aliphatic carbocycles. The Morgan fingerprint density at radius 2 is 1.74 bits per heavy atom. The number of H-pyrrole nitrogens is 1. The van der Waals surface area contributed by atoms with Gasteiger partial charge in [-0.15, -0.1) is 0 Å². The van der Waals surface area contributed by atoms with Crippen LogP contribution in [-0.4, -0.2) is 22.3 Å². The van der Waals surface area contributed by atoms with Crippen LogP contribution in [0.2, 0.25) is 0 Å². The first-order chi connectivity index (χ1) is 11.1. The average Bonchev–Trinajstić information content (AvgIpc) is 2.99. The van der Waals surface area contributed by atoms with Gasteiger partial charge in [0.1, 0.15) is 11.6 Å². The first-order valence-electron chi connectivity index (χ1n) is 8.62. The van der Waals surface area contributed by atoms with Crippen molar-refractivity contribution in [3.8, 4) is 17.1 Å². The van der Waals surface area contributed by atoms with E-state index in [0.29, 0.717) is 5.92 Å². The summed E-state index contributed by atoms with van der Waals surface area (Å²) in [7, 11) is 1.67. The third kappa shape index (κ3) is 3.57. The molecular weight excluding hydrogens is 286 g/mol. The standard InChI is InChI=1S/C19H27N3O/c1-12-9-13(2)17(14(3)10-12)11-18-20-19(22-21-18)15-5-7-16(23-4)8-6-15/h5-8,12-14,17H,9-11H2,1-4H3,(H,20,21,22). The highest BCUT2D eigenvalue weighted by Gasteiger charge is 2.31. The van der Waals surface area contributed by atoms with Crippen molar-refractivity contribution in [3.05, 3.63) is 30.1 Å². The summed E-state index contributed by atoms with van der Waals surface area (Å²) in [6.45, 7) is 7.15. The van der Waals surface area contributed by atoms with Crippen molar-refractivity contribution in [1.29, 1.82) is 0 Å². The van der Waals surface area contributed by atoms with E-state index in [1.54, 1.807) is 7.11 Å². The molecule has 1 saturated carbocycles. The number of aromatic amines is 1. The van der Waals surface area contributed by atoms with E-state index < -0.39 is 0 Å². The number of nitrogens with zero attached hydrogens (tertiary/aromatic N) is 2. The van der Waals surface area contributed by atoms with Crippen molar-refractivity contribution in [2.24, 2.45) is 23.7 Å². The van der Waals surface area contributed by atoms with Crippen LogP contribution in [0.15, 0.2) is 24.3 Å². The highest BCUT2D eigenvalue weighted by molar-refractivity contribution is 5.55. The lowest BCUT2D eigenvalue weighted by molar-refractivity contribution is 0.134. The van der Waals surface area contributed by atoms with E-state index in [1.165, 1.54) is 12.8 Å². The number of ether oxygens (including phenoxy) is 1. The Balaban J connectivity index is 1.71. The number of benzene rings is 1. The Kier molecular flexibility index (Phi) is 4.69.